The topological polar surface area (TPSA) is 51.0 Å². The first kappa shape index (κ1) is 20.3. The van der Waals surface area contributed by atoms with Gasteiger partial charge in [0.25, 0.3) is 0 Å². The van der Waals surface area contributed by atoms with Crippen molar-refractivity contribution in [3.05, 3.63) is 71.5 Å². The van der Waals surface area contributed by atoms with Crippen molar-refractivity contribution in [1.82, 2.24) is 19.4 Å². The number of imidazole rings is 1. The summed E-state index contributed by atoms with van der Waals surface area (Å²) < 4.78 is 3.25. The van der Waals surface area contributed by atoms with Crippen molar-refractivity contribution in [2.45, 2.75) is 37.4 Å². The predicted molar refractivity (Wildman–Crippen MR) is 127 cm³/mol. The van der Waals surface area contributed by atoms with Crippen LogP contribution in [0.25, 0.3) is 15.9 Å². The van der Waals surface area contributed by atoms with Crippen LogP contribution in [0.4, 0.5) is 0 Å². The lowest BCUT2D eigenvalue weighted by atomic mass is 10.0. The van der Waals surface area contributed by atoms with E-state index in [9.17, 15) is 4.79 Å². The van der Waals surface area contributed by atoms with Crippen LogP contribution in [-0.2, 0) is 4.79 Å². The number of carbonyl (C=O) groups is 1. The number of thiazole rings is 1. The molecule has 31 heavy (non-hydrogen) atoms. The number of thioether (sulfide) groups is 1. The first-order valence-electron chi connectivity index (χ1n) is 10.6. The van der Waals surface area contributed by atoms with Gasteiger partial charge in [-0.3, -0.25) is 9.36 Å². The highest BCUT2D eigenvalue weighted by molar-refractivity contribution is 7.99. The van der Waals surface area contributed by atoms with Crippen molar-refractivity contribution in [2.75, 3.05) is 12.3 Å². The van der Waals surface area contributed by atoms with Crippen LogP contribution in [0.1, 0.15) is 35.9 Å². The number of benzene rings is 2. The molecule has 0 bridgehead atoms. The minimum absolute atomic E-state index is 0.0790. The molecule has 0 radical (unpaired) electrons. The summed E-state index contributed by atoms with van der Waals surface area (Å²) in [6.45, 7) is 2.89. The Morgan fingerprint density at radius 1 is 1.16 bits per heavy atom. The number of amides is 1. The number of piperidine rings is 1. The molecule has 3 heterocycles. The molecule has 158 valence electrons. The molecule has 0 N–H and O–H groups in total. The van der Waals surface area contributed by atoms with E-state index in [1.807, 2.05) is 41.4 Å². The van der Waals surface area contributed by atoms with Crippen LogP contribution in [0, 0.1) is 6.92 Å². The van der Waals surface area contributed by atoms with Crippen molar-refractivity contribution >= 4 is 39.2 Å². The van der Waals surface area contributed by atoms with Gasteiger partial charge < -0.3 is 4.90 Å². The molecule has 0 spiro atoms. The Kier molecular flexibility index (Phi) is 5.78. The fourth-order valence-electron chi connectivity index (χ4n) is 4.14. The lowest BCUT2D eigenvalue weighted by molar-refractivity contribution is -0.132. The molecule has 1 aliphatic rings. The largest absolute Gasteiger partial charge is 0.332 e. The number of carbonyl (C=O) groups excluding carboxylic acids is 1. The van der Waals surface area contributed by atoms with E-state index in [2.05, 4.69) is 34.7 Å². The molecule has 0 saturated carbocycles. The van der Waals surface area contributed by atoms with Crippen molar-refractivity contribution in [1.29, 1.82) is 0 Å². The Morgan fingerprint density at radius 2 is 2.00 bits per heavy atom. The molecule has 2 aromatic carbocycles. The quantitative estimate of drug-likeness (QED) is 0.371. The molecule has 2 aromatic heterocycles. The first-order valence-corrected chi connectivity index (χ1v) is 12.4. The van der Waals surface area contributed by atoms with E-state index in [-0.39, 0.29) is 11.9 Å². The second kappa shape index (κ2) is 8.85. The molecule has 4 aromatic rings. The van der Waals surface area contributed by atoms with Gasteiger partial charge in [-0.1, -0.05) is 42.1 Å². The van der Waals surface area contributed by atoms with Gasteiger partial charge in [-0.2, -0.15) is 0 Å². The first-order chi connectivity index (χ1) is 15.2. The molecule has 1 amide bonds. The molecule has 1 unspecified atom stereocenters. The lowest BCUT2D eigenvalue weighted by Crippen LogP contribution is -2.39. The molecule has 0 aliphatic carbocycles. The number of hydrogen-bond donors (Lipinski definition) is 0. The Labute approximate surface area is 190 Å². The van der Waals surface area contributed by atoms with Crippen molar-refractivity contribution in [3.63, 3.8) is 0 Å². The monoisotopic (exact) mass is 448 g/mol. The summed E-state index contributed by atoms with van der Waals surface area (Å²) in [4.78, 5) is 24.6. The lowest BCUT2D eigenvalue weighted by Gasteiger charge is -2.34. The van der Waals surface area contributed by atoms with Gasteiger partial charge in [0.1, 0.15) is 5.01 Å². The number of likely N-dealkylation sites (tertiary alicyclic amines) is 1. The van der Waals surface area contributed by atoms with Crippen LogP contribution < -0.4 is 0 Å². The molecular weight excluding hydrogens is 424 g/mol. The highest BCUT2D eigenvalue weighted by atomic mass is 32.2. The molecule has 1 atom stereocenters. The van der Waals surface area contributed by atoms with Gasteiger partial charge in [-0.25, -0.2) is 9.97 Å². The van der Waals surface area contributed by atoms with E-state index in [4.69, 9.17) is 4.98 Å². The predicted octanol–water partition coefficient (Wildman–Crippen LogP) is 5.64. The Bertz CT molecular complexity index is 1180. The van der Waals surface area contributed by atoms with Gasteiger partial charge in [-0.05, 0) is 49.9 Å². The highest BCUT2D eigenvalue weighted by Crippen LogP contribution is 2.36. The van der Waals surface area contributed by atoms with E-state index < -0.39 is 0 Å². The van der Waals surface area contributed by atoms with Crippen LogP contribution in [0.3, 0.4) is 0 Å². The van der Waals surface area contributed by atoms with Crippen molar-refractivity contribution in [2.24, 2.45) is 0 Å². The fourth-order valence-corrected chi connectivity index (χ4v) is 6.11. The summed E-state index contributed by atoms with van der Waals surface area (Å²) in [5, 5.41) is 1.90. The SMILES string of the molecule is Cc1ccccc1-n1ccnc1SCC(=O)N1CCCCC1c1nc2ccccc2s1. The Morgan fingerprint density at radius 3 is 2.87 bits per heavy atom. The standard InChI is InChI=1S/C24H24N4OS2/c1-17-8-2-4-10-19(17)28-15-13-25-24(28)30-16-22(29)27-14-7-6-11-20(27)23-26-18-9-3-5-12-21(18)31-23/h2-5,8-10,12-13,15,20H,6-7,11,14,16H2,1H3. The Hall–Kier alpha value is -2.64. The van der Waals surface area contributed by atoms with Gasteiger partial charge in [-0.15, -0.1) is 11.3 Å². The minimum atomic E-state index is 0.0790. The zero-order valence-corrected chi connectivity index (χ0v) is 19.0. The third kappa shape index (κ3) is 4.12. The number of para-hydroxylation sites is 2. The van der Waals surface area contributed by atoms with Crippen LogP contribution in [0.2, 0.25) is 0 Å². The zero-order valence-electron chi connectivity index (χ0n) is 17.4. The van der Waals surface area contributed by atoms with E-state index in [0.29, 0.717) is 5.75 Å². The summed E-state index contributed by atoms with van der Waals surface area (Å²) in [7, 11) is 0. The molecule has 5 nitrogen and oxygen atoms in total. The summed E-state index contributed by atoms with van der Waals surface area (Å²) >= 11 is 3.22. The number of hydrogen-bond acceptors (Lipinski definition) is 5. The summed E-state index contributed by atoms with van der Waals surface area (Å²) in [5.41, 5.74) is 3.30. The molecule has 1 saturated heterocycles. The smallest absolute Gasteiger partial charge is 0.233 e. The number of aromatic nitrogens is 3. The summed E-state index contributed by atoms with van der Waals surface area (Å²) in [6, 6.07) is 16.5. The second-order valence-corrected chi connectivity index (χ2v) is 9.78. The average molecular weight is 449 g/mol. The summed E-state index contributed by atoms with van der Waals surface area (Å²) in [6.07, 6.45) is 6.92. The minimum Gasteiger partial charge on any atom is -0.332 e. The van der Waals surface area contributed by atoms with Crippen LogP contribution >= 0.6 is 23.1 Å². The third-order valence-electron chi connectivity index (χ3n) is 5.73. The van der Waals surface area contributed by atoms with E-state index >= 15 is 0 Å². The maximum Gasteiger partial charge on any atom is 0.233 e. The van der Waals surface area contributed by atoms with Crippen LogP contribution in [0.15, 0.2) is 66.1 Å². The van der Waals surface area contributed by atoms with Gasteiger partial charge >= 0.3 is 0 Å². The van der Waals surface area contributed by atoms with Gasteiger partial charge in [0.2, 0.25) is 5.91 Å². The zero-order chi connectivity index (χ0) is 21.2. The van der Waals surface area contributed by atoms with Crippen LogP contribution in [0.5, 0.6) is 0 Å². The van der Waals surface area contributed by atoms with Gasteiger partial charge in [0.15, 0.2) is 5.16 Å². The number of fused-ring (bicyclic) bond motifs is 1. The number of nitrogens with zero attached hydrogens (tertiary/aromatic N) is 4. The van der Waals surface area contributed by atoms with Crippen LogP contribution in [-0.4, -0.2) is 37.6 Å². The summed E-state index contributed by atoms with van der Waals surface area (Å²) in [5.74, 6) is 0.540. The number of rotatable bonds is 5. The maximum absolute atomic E-state index is 13.3. The van der Waals surface area contributed by atoms with Crippen molar-refractivity contribution in [3.8, 4) is 5.69 Å². The highest BCUT2D eigenvalue weighted by Gasteiger charge is 2.30. The fraction of sp³-hybridized carbons (Fsp3) is 0.292. The molecular formula is C24H24N4OS2. The Balaban J connectivity index is 1.33. The second-order valence-electron chi connectivity index (χ2n) is 7.77. The van der Waals surface area contributed by atoms with Crippen molar-refractivity contribution < 1.29 is 4.79 Å². The third-order valence-corrected chi connectivity index (χ3v) is 7.81. The normalized spacial score (nSPS) is 16.7. The molecule has 1 fully saturated rings. The van der Waals surface area contributed by atoms with E-state index in [1.54, 1.807) is 17.5 Å². The maximum atomic E-state index is 13.3. The van der Waals surface area contributed by atoms with Gasteiger partial charge in [0, 0.05) is 18.9 Å². The molecule has 1 aliphatic heterocycles. The molecule has 5 rings (SSSR count). The molecule has 7 heteroatoms. The van der Waals surface area contributed by atoms with Gasteiger partial charge in [0.05, 0.1) is 27.7 Å². The average Bonchev–Trinajstić information content (AvgIpc) is 3.44. The van der Waals surface area contributed by atoms with E-state index in [1.165, 1.54) is 22.0 Å². The van der Waals surface area contributed by atoms with E-state index in [0.717, 1.165) is 47.2 Å². The number of aryl methyl sites for hydroxylation is 1.